The zero-order valence-electron chi connectivity index (χ0n) is 12.1. The minimum atomic E-state index is -0.269. The van der Waals surface area contributed by atoms with Crippen molar-refractivity contribution in [3.05, 3.63) is 41.5 Å². The van der Waals surface area contributed by atoms with Crippen molar-refractivity contribution in [2.45, 2.75) is 32.2 Å². The Morgan fingerprint density at radius 3 is 2.71 bits per heavy atom. The highest BCUT2D eigenvalue weighted by Crippen LogP contribution is 2.34. The van der Waals surface area contributed by atoms with Crippen LogP contribution in [0.15, 0.2) is 30.3 Å². The Labute approximate surface area is 124 Å². The molecule has 2 amide bonds. The summed E-state index contributed by atoms with van der Waals surface area (Å²) >= 11 is 0. The lowest BCUT2D eigenvalue weighted by Gasteiger charge is -2.16. The molecule has 0 aromatic heterocycles. The third-order valence-corrected chi connectivity index (χ3v) is 4.17. The van der Waals surface area contributed by atoms with E-state index in [4.69, 9.17) is 5.11 Å². The summed E-state index contributed by atoms with van der Waals surface area (Å²) in [6.07, 6.45) is 2.85. The van der Waals surface area contributed by atoms with Crippen LogP contribution in [0, 0.1) is 0 Å². The summed E-state index contributed by atoms with van der Waals surface area (Å²) in [6.45, 7) is 1.88. The van der Waals surface area contributed by atoms with Gasteiger partial charge in [0.25, 0.3) is 0 Å². The molecule has 0 saturated carbocycles. The maximum absolute atomic E-state index is 12.0. The average Bonchev–Trinajstić information content (AvgIpc) is 2.92. The van der Waals surface area contributed by atoms with E-state index in [2.05, 4.69) is 22.8 Å². The molecule has 0 aliphatic heterocycles. The molecule has 0 spiro atoms. The minimum Gasteiger partial charge on any atom is -0.394 e. The molecular weight excluding hydrogens is 264 g/mol. The van der Waals surface area contributed by atoms with E-state index in [0.29, 0.717) is 6.42 Å². The van der Waals surface area contributed by atoms with E-state index in [1.165, 1.54) is 16.5 Å². The second kappa shape index (κ2) is 5.74. The fourth-order valence-electron chi connectivity index (χ4n) is 2.98. The molecule has 0 saturated heterocycles. The number of hydrogen-bond acceptors (Lipinski definition) is 2. The molecule has 2 aromatic rings. The largest absolute Gasteiger partial charge is 0.394 e. The Kier molecular flexibility index (Phi) is 3.80. The molecule has 4 nitrogen and oxygen atoms in total. The number of hydrogen-bond donors (Lipinski definition) is 3. The molecule has 1 aliphatic carbocycles. The first-order valence-corrected chi connectivity index (χ1v) is 7.44. The molecule has 0 fully saturated rings. The fourth-order valence-corrected chi connectivity index (χ4v) is 2.98. The summed E-state index contributed by atoms with van der Waals surface area (Å²) in [4.78, 5) is 12.0. The number of benzene rings is 2. The van der Waals surface area contributed by atoms with Crippen LogP contribution >= 0.6 is 0 Å². The molecule has 3 rings (SSSR count). The molecule has 4 heteroatoms. The van der Waals surface area contributed by atoms with Crippen molar-refractivity contribution in [3.8, 4) is 0 Å². The van der Waals surface area contributed by atoms with Gasteiger partial charge in [0, 0.05) is 5.39 Å². The van der Waals surface area contributed by atoms with E-state index in [1.54, 1.807) is 0 Å². The standard InChI is InChI=1S/C17H20N2O2/c1-2-13(10-20)18-17(21)19-15-9-8-12-7-6-11-4-3-5-14(15)16(11)12/h3-5,8-9,13,20H,2,6-7,10H2,1H3,(H2,18,19,21). The predicted octanol–water partition coefficient (Wildman–Crippen LogP) is 2.83. The molecule has 1 unspecified atom stereocenters. The van der Waals surface area contributed by atoms with Crippen molar-refractivity contribution >= 4 is 22.5 Å². The average molecular weight is 284 g/mol. The van der Waals surface area contributed by atoms with Gasteiger partial charge in [-0.3, -0.25) is 0 Å². The molecule has 110 valence electrons. The van der Waals surface area contributed by atoms with E-state index in [9.17, 15) is 4.79 Å². The van der Waals surface area contributed by atoms with Crippen molar-refractivity contribution < 1.29 is 9.90 Å². The van der Waals surface area contributed by atoms with Gasteiger partial charge in [-0.1, -0.05) is 31.2 Å². The van der Waals surface area contributed by atoms with Gasteiger partial charge >= 0.3 is 6.03 Å². The molecule has 0 radical (unpaired) electrons. The van der Waals surface area contributed by atoms with Crippen LogP contribution in [-0.4, -0.2) is 23.8 Å². The van der Waals surface area contributed by atoms with E-state index < -0.39 is 0 Å². The Hall–Kier alpha value is -2.07. The lowest BCUT2D eigenvalue weighted by Crippen LogP contribution is -2.39. The Morgan fingerprint density at radius 2 is 2.00 bits per heavy atom. The van der Waals surface area contributed by atoms with Crippen LogP contribution in [0.25, 0.3) is 10.8 Å². The number of aliphatic hydroxyl groups excluding tert-OH is 1. The number of urea groups is 1. The first kappa shape index (κ1) is 13.9. The van der Waals surface area contributed by atoms with Crippen molar-refractivity contribution in [1.29, 1.82) is 0 Å². The molecule has 3 N–H and O–H groups in total. The number of nitrogens with one attached hydrogen (secondary N) is 2. The normalized spacial score (nSPS) is 14.2. The van der Waals surface area contributed by atoms with Crippen LogP contribution in [0.4, 0.5) is 10.5 Å². The first-order chi connectivity index (χ1) is 10.2. The van der Waals surface area contributed by atoms with Crippen molar-refractivity contribution in [2.75, 3.05) is 11.9 Å². The van der Waals surface area contributed by atoms with Crippen LogP contribution in [0.1, 0.15) is 24.5 Å². The number of aliphatic hydroxyl groups is 1. The summed E-state index contributed by atoms with van der Waals surface area (Å²) in [5.74, 6) is 0. The lowest BCUT2D eigenvalue weighted by atomic mass is 10.0. The van der Waals surface area contributed by atoms with Crippen LogP contribution in [0.3, 0.4) is 0 Å². The molecule has 0 heterocycles. The summed E-state index contributed by atoms with van der Waals surface area (Å²) in [5, 5.41) is 17.2. The first-order valence-electron chi connectivity index (χ1n) is 7.44. The van der Waals surface area contributed by atoms with Crippen LogP contribution in [0.5, 0.6) is 0 Å². The summed E-state index contributed by atoms with van der Waals surface area (Å²) in [5.41, 5.74) is 3.53. The van der Waals surface area contributed by atoms with Crippen molar-refractivity contribution in [2.24, 2.45) is 0 Å². The van der Waals surface area contributed by atoms with Gasteiger partial charge in [0.05, 0.1) is 18.3 Å². The van der Waals surface area contributed by atoms with Gasteiger partial charge in [0.2, 0.25) is 0 Å². The molecular formula is C17H20N2O2. The Morgan fingerprint density at radius 1 is 1.24 bits per heavy atom. The maximum Gasteiger partial charge on any atom is 0.319 e. The van der Waals surface area contributed by atoms with Gasteiger partial charge in [0.15, 0.2) is 0 Å². The topological polar surface area (TPSA) is 61.4 Å². The Balaban J connectivity index is 1.87. The van der Waals surface area contributed by atoms with Crippen LogP contribution in [0.2, 0.25) is 0 Å². The number of amides is 2. The second-order valence-electron chi connectivity index (χ2n) is 5.50. The number of carbonyl (C=O) groups is 1. The minimum absolute atomic E-state index is 0.0479. The summed E-state index contributed by atoms with van der Waals surface area (Å²) < 4.78 is 0. The SMILES string of the molecule is CCC(CO)NC(=O)Nc1ccc2c3c(cccc13)CC2. The number of aryl methyl sites for hydroxylation is 2. The Bertz CT molecular complexity index is 668. The fraction of sp³-hybridized carbons (Fsp3) is 0.353. The number of anilines is 1. The predicted molar refractivity (Wildman–Crippen MR) is 84.7 cm³/mol. The highest BCUT2D eigenvalue weighted by molar-refractivity contribution is 6.04. The molecule has 21 heavy (non-hydrogen) atoms. The smallest absolute Gasteiger partial charge is 0.319 e. The van der Waals surface area contributed by atoms with Crippen LogP contribution in [-0.2, 0) is 12.8 Å². The van der Waals surface area contributed by atoms with Gasteiger partial charge < -0.3 is 15.7 Å². The highest BCUT2D eigenvalue weighted by atomic mass is 16.3. The van der Waals surface area contributed by atoms with Gasteiger partial charge in [-0.15, -0.1) is 0 Å². The third kappa shape index (κ3) is 2.59. The summed E-state index contributed by atoms with van der Waals surface area (Å²) in [6, 6.07) is 9.83. The molecule has 1 atom stereocenters. The second-order valence-corrected chi connectivity index (χ2v) is 5.50. The van der Waals surface area contributed by atoms with Gasteiger partial charge in [-0.05, 0) is 41.8 Å². The molecule has 2 aromatic carbocycles. The zero-order chi connectivity index (χ0) is 14.8. The van der Waals surface area contributed by atoms with E-state index in [-0.39, 0.29) is 18.7 Å². The van der Waals surface area contributed by atoms with E-state index >= 15 is 0 Å². The van der Waals surface area contributed by atoms with Gasteiger partial charge in [-0.2, -0.15) is 0 Å². The quantitative estimate of drug-likeness (QED) is 0.808. The van der Waals surface area contributed by atoms with Crippen molar-refractivity contribution in [3.63, 3.8) is 0 Å². The summed E-state index contributed by atoms with van der Waals surface area (Å²) in [7, 11) is 0. The third-order valence-electron chi connectivity index (χ3n) is 4.17. The maximum atomic E-state index is 12.0. The van der Waals surface area contributed by atoms with E-state index in [1.807, 2.05) is 25.1 Å². The lowest BCUT2D eigenvalue weighted by molar-refractivity contribution is 0.222. The van der Waals surface area contributed by atoms with E-state index in [0.717, 1.165) is 23.9 Å². The highest BCUT2D eigenvalue weighted by Gasteiger charge is 2.17. The zero-order valence-corrected chi connectivity index (χ0v) is 12.1. The number of carbonyl (C=O) groups excluding carboxylic acids is 1. The van der Waals surface area contributed by atoms with Crippen molar-refractivity contribution in [1.82, 2.24) is 5.32 Å². The number of rotatable bonds is 4. The van der Waals surface area contributed by atoms with Gasteiger partial charge in [-0.25, -0.2) is 4.79 Å². The molecule has 1 aliphatic rings. The van der Waals surface area contributed by atoms with Gasteiger partial charge in [0.1, 0.15) is 0 Å². The molecule has 0 bridgehead atoms. The monoisotopic (exact) mass is 284 g/mol. The van der Waals surface area contributed by atoms with Crippen LogP contribution < -0.4 is 10.6 Å².